The van der Waals surface area contributed by atoms with Crippen LogP contribution >= 0.6 is 0 Å². The zero-order valence-electron chi connectivity index (χ0n) is 18.5. The van der Waals surface area contributed by atoms with Crippen molar-refractivity contribution in [3.8, 4) is 0 Å². The normalized spacial score (nSPS) is 12.2. The Bertz CT molecular complexity index is 1390. The molecular weight excluding hydrogens is 410 g/mol. The number of nitrogens with one attached hydrogen (secondary N) is 1. The Hall–Kier alpha value is -3.87. The maximum absolute atomic E-state index is 12.9. The number of aromatic amines is 1. The van der Waals surface area contributed by atoms with Crippen LogP contribution in [0.1, 0.15) is 55.1 Å². The molecule has 0 saturated carbocycles. The van der Waals surface area contributed by atoms with Gasteiger partial charge in [-0.15, -0.1) is 0 Å². The van der Waals surface area contributed by atoms with Gasteiger partial charge in [0.2, 0.25) is 11.5 Å². The number of carbonyl (C=O) groups is 3. The number of rotatable bonds is 5. The van der Waals surface area contributed by atoms with Crippen molar-refractivity contribution < 1.29 is 28.3 Å². The van der Waals surface area contributed by atoms with Crippen molar-refractivity contribution in [2.75, 3.05) is 7.11 Å². The lowest BCUT2D eigenvalue weighted by molar-refractivity contribution is 0.0288. The molecule has 7 nitrogen and oxygen atoms in total. The number of hydrogen-bond donors (Lipinski definition) is 1. The Kier molecular flexibility index (Phi) is 5.34. The minimum Gasteiger partial charge on any atom is -0.465 e. The summed E-state index contributed by atoms with van der Waals surface area (Å²) < 4.78 is 16.1. The molecule has 1 atom stereocenters. The van der Waals surface area contributed by atoms with Crippen LogP contribution in [0.2, 0.25) is 0 Å². The zero-order valence-corrected chi connectivity index (χ0v) is 18.5. The van der Waals surface area contributed by atoms with E-state index in [-0.39, 0.29) is 11.5 Å². The summed E-state index contributed by atoms with van der Waals surface area (Å²) >= 11 is 0. The molecule has 4 rings (SSSR count). The molecule has 0 unspecified atom stereocenters. The smallest absolute Gasteiger partial charge is 0.375 e. The fourth-order valence-corrected chi connectivity index (χ4v) is 4.02. The number of Topliss-reactive ketones (excluding diaryl/α,β-unsaturated/α-hetero) is 1. The Morgan fingerprint density at radius 2 is 1.66 bits per heavy atom. The third kappa shape index (κ3) is 3.36. The average Bonchev–Trinajstić information content (AvgIpc) is 3.28. The van der Waals surface area contributed by atoms with Gasteiger partial charge in [0.05, 0.1) is 18.4 Å². The van der Waals surface area contributed by atoms with E-state index in [0.29, 0.717) is 28.0 Å². The standard InChI is InChI=1S/C25H23NO6/c1-12-17-11-10-16-8-6-7-9-18(16)23(17)32-22(12)25(29)31-15(4)21(27)20-13(2)19(14(3)26-20)24(28)30-5/h6-11,15,26H,1-5H3/t15-/m0/s1. The lowest BCUT2D eigenvalue weighted by atomic mass is 10.1. The van der Waals surface area contributed by atoms with Gasteiger partial charge in [-0.05, 0) is 38.6 Å². The van der Waals surface area contributed by atoms with Gasteiger partial charge in [-0.3, -0.25) is 4.79 Å². The van der Waals surface area contributed by atoms with E-state index in [2.05, 4.69) is 4.98 Å². The molecule has 0 amide bonds. The van der Waals surface area contributed by atoms with Crippen molar-refractivity contribution >= 4 is 39.5 Å². The van der Waals surface area contributed by atoms with Gasteiger partial charge in [-0.2, -0.15) is 0 Å². The van der Waals surface area contributed by atoms with Gasteiger partial charge >= 0.3 is 11.9 Å². The van der Waals surface area contributed by atoms with E-state index in [1.165, 1.54) is 14.0 Å². The van der Waals surface area contributed by atoms with E-state index in [1.807, 2.05) is 36.4 Å². The first-order chi connectivity index (χ1) is 15.2. The van der Waals surface area contributed by atoms with E-state index in [0.717, 1.165) is 16.2 Å². The van der Waals surface area contributed by atoms with E-state index in [9.17, 15) is 14.4 Å². The Labute approximate surface area is 184 Å². The highest BCUT2D eigenvalue weighted by atomic mass is 16.6. The number of carbonyl (C=O) groups excluding carboxylic acids is 3. The van der Waals surface area contributed by atoms with Crippen molar-refractivity contribution in [3.63, 3.8) is 0 Å². The van der Waals surface area contributed by atoms with Gasteiger partial charge in [0, 0.05) is 22.0 Å². The van der Waals surface area contributed by atoms with Gasteiger partial charge in [-0.1, -0.05) is 36.4 Å². The molecule has 7 heteroatoms. The van der Waals surface area contributed by atoms with Gasteiger partial charge < -0.3 is 18.9 Å². The number of aromatic nitrogens is 1. The van der Waals surface area contributed by atoms with Crippen LogP contribution in [0.3, 0.4) is 0 Å². The van der Waals surface area contributed by atoms with Crippen LogP contribution in [0, 0.1) is 20.8 Å². The Balaban J connectivity index is 1.62. The molecule has 164 valence electrons. The largest absolute Gasteiger partial charge is 0.465 e. The predicted molar refractivity (Wildman–Crippen MR) is 119 cm³/mol. The molecule has 2 aromatic heterocycles. The number of esters is 2. The third-order valence-corrected chi connectivity index (χ3v) is 5.74. The highest BCUT2D eigenvalue weighted by Crippen LogP contribution is 2.32. The summed E-state index contributed by atoms with van der Waals surface area (Å²) in [6, 6.07) is 11.6. The summed E-state index contributed by atoms with van der Waals surface area (Å²) in [5.74, 6) is -1.65. The number of fused-ring (bicyclic) bond motifs is 3. The monoisotopic (exact) mass is 433 g/mol. The van der Waals surface area contributed by atoms with Crippen LogP contribution in [0.5, 0.6) is 0 Å². The van der Waals surface area contributed by atoms with Crippen LogP contribution in [-0.2, 0) is 9.47 Å². The lowest BCUT2D eigenvalue weighted by Gasteiger charge is -2.11. The van der Waals surface area contributed by atoms with E-state index < -0.39 is 23.8 Å². The minimum atomic E-state index is -1.09. The number of furan rings is 1. The number of H-pyrrole nitrogens is 1. The van der Waals surface area contributed by atoms with E-state index >= 15 is 0 Å². The van der Waals surface area contributed by atoms with Crippen LogP contribution in [0.15, 0.2) is 40.8 Å². The number of ether oxygens (including phenoxy) is 2. The zero-order chi connectivity index (χ0) is 23.2. The highest BCUT2D eigenvalue weighted by molar-refractivity contribution is 6.09. The molecular formula is C25H23NO6. The molecule has 0 fully saturated rings. The van der Waals surface area contributed by atoms with Gasteiger partial charge in [0.15, 0.2) is 6.10 Å². The maximum atomic E-state index is 12.9. The predicted octanol–water partition coefficient (Wildman–Crippen LogP) is 5.05. The summed E-state index contributed by atoms with van der Waals surface area (Å²) in [4.78, 5) is 40.7. The quantitative estimate of drug-likeness (QED) is 0.349. The highest BCUT2D eigenvalue weighted by Gasteiger charge is 2.29. The third-order valence-electron chi connectivity index (χ3n) is 5.74. The minimum absolute atomic E-state index is 0.0608. The topological polar surface area (TPSA) is 98.6 Å². The van der Waals surface area contributed by atoms with Gasteiger partial charge in [0.25, 0.3) is 0 Å². The molecule has 0 aliphatic rings. The fourth-order valence-electron chi connectivity index (χ4n) is 4.02. The lowest BCUT2D eigenvalue weighted by Crippen LogP contribution is -2.25. The number of methoxy groups -OCH3 is 1. The first-order valence-corrected chi connectivity index (χ1v) is 10.2. The number of aryl methyl sites for hydroxylation is 2. The Morgan fingerprint density at radius 1 is 0.938 bits per heavy atom. The molecule has 0 bridgehead atoms. The molecule has 2 heterocycles. The maximum Gasteiger partial charge on any atom is 0.375 e. The molecule has 4 aromatic rings. The Morgan fingerprint density at radius 3 is 2.38 bits per heavy atom. The molecule has 0 aliphatic heterocycles. The van der Waals surface area contributed by atoms with Crippen molar-refractivity contribution in [1.82, 2.24) is 4.98 Å². The van der Waals surface area contributed by atoms with Gasteiger partial charge in [0.1, 0.15) is 5.58 Å². The first-order valence-electron chi connectivity index (χ1n) is 10.2. The molecule has 0 aliphatic carbocycles. The summed E-state index contributed by atoms with van der Waals surface area (Å²) in [7, 11) is 1.28. The second-order valence-corrected chi connectivity index (χ2v) is 7.75. The summed E-state index contributed by atoms with van der Waals surface area (Å²) in [5.41, 5.74) is 2.72. The molecule has 0 spiro atoms. The SMILES string of the molecule is COC(=O)c1c(C)[nH]c(C(=O)[C@H](C)OC(=O)c2oc3c(ccc4ccccc43)c2C)c1C. The van der Waals surface area contributed by atoms with Crippen LogP contribution in [-0.4, -0.2) is 35.9 Å². The number of hydrogen-bond acceptors (Lipinski definition) is 6. The summed E-state index contributed by atoms with van der Waals surface area (Å²) in [6.45, 7) is 6.59. The van der Waals surface area contributed by atoms with E-state index in [1.54, 1.807) is 20.8 Å². The van der Waals surface area contributed by atoms with Gasteiger partial charge in [-0.25, -0.2) is 9.59 Å². The summed E-state index contributed by atoms with van der Waals surface area (Å²) in [5, 5.41) is 2.70. The van der Waals surface area contributed by atoms with Crippen molar-refractivity contribution in [3.05, 3.63) is 70.2 Å². The molecule has 32 heavy (non-hydrogen) atoms. The van der Waals surface area contributed by atoms with Crippen molar-refractivity contribution in [1.29, 1.82) is 0 Å². The second kappa shape index (κ2) is 8.00. The van der Waals surface area contributed by atoms with Crippen LogP contribution in [0.4, 0.5) is 0 Å². The molecule has 0 radical (unpaired) electrons. The number of benzene rings is 2. The van der Waals surface area contributed by atoms with Crippen LogP contribution < -0.4 is 0 Å². The van der Waals surface area contributed by atoms with Crippen LogP contribution in [0.25, 0.3) is 21.7 Å². The average molecular weight is 433 g/mol. The molecule has 2 aromatic carbocycles. The first kappa shape index (κ1) is 21.4. The number of ketones is 1. The van der Waals surface area contributed by atoms with Crippen molar-refractivity contribution in [2.45, 2.75) is 33.8 Å². The van der Waals surface area contributed by atoms with Crippen molar-refractivity contribution in [2.24, 2.45) is 0 Å². The molecule has 1 N–H and O–H groups in total. The second-order valence-electron chi connectivity index (χ2n) is 7.75. The fraction of sp³-hybridized carbons (Fsp3) is 0.240. The summed E-state index contributed by atoms with van der Waals surface area (Å²) in [6.07, 6.45) is -1.09. The van der Waals surface area contributed by atoms with E-state index in [4.69, 9.17) is 13.9 Å². The molecule has 0 saturated heterocycles.